The van der Waals surface area contributed by atoms with Crippen molar-refractivity contribution < 1.29 is 14.3 Å². The predicted octanol–water partition coefficient (Wildman–Crippen LogP) is 5.80. The number of hydrogen-bond acceptors (Lipinski definition) is 6. The predicted molar refractivity (Wildman–Crippen MR) is 150 cm³/mol. The summed E-state index contributed by atoms with van der Waals surface area (Å²) in [7, 11) is 1.47. The highest BCUT2D eigenvalue weighted by Crippen LogP contribution is 2.32. The highest BCUT2D eigenvalue weighted by atomic mass is 35.5. The maximum Gasteiger partial charge on any atom is 0.269 e. The summed E-state index contributed by atoms with van der Waals surface area (Å²) in [4.78, 5) is 25.8. The van der Waals surface area contributed by atoms with E-state index in [2.05, 4.69) is 16.0 Å². The average molecular weight is 535 g/mol. The Bertz CT molecular complexity index is 1350. The van der Waals surface area contributed by atoms with Crippen LogP contribution in [0, 0.1) is 25.2 Å². The molecule has 9 heteroatoms. The van der Waals surface area contributed by atoms with Gasteiger partial charge in [0, 0.05) is 23.3 Å². The highest BCUT2D eigenvalue weighted by molar-refractivity contribution is 8.03. The number of nitrogens with one attached hydrogen (secondary N) is 3. The first-order valence-electron chi connectivity index (χ1n) is 11.4. The lowest BCUT2D eigenvalue weighted by atomic mass is 10.2. The molecule has 0 aliphatic carbocycles. The van der Waals surface area contributed by atoms with Crippen molar-refractivity contribution in [3.8, 4) is 11.8 Å². The standard InChI is InChI=1S/C28H27ClN4O3S/c1-18-9-7-8-12-23(18)33-28(37-17-26(34)31-16-20-10-5-4-6-11-20)21(15-30)27(35)32-24-13-19(2)22(29)14-25(24)36-3/h4-14,33H,16-17H2,1-3H3,(H,31,34)(H,32,35)/b28-21-. The summed E-state index contributed by atoms with van der Waals surface area (Å²) in [5, 5.41) is 19.5. The monoisotopic (exact) mass is 534 g/mol. The number of nitriles is 1. The smallest absolute Gasteiger partial charge is 0.269 e. The number of carbonyl (C=O) groups excluding carboxylic acids is 2. The van der Waals surface area contributed by atoms with Crippen molar-refractivity contribution in [2.45, 2.75) is 20.4 Å². The lowest BCUT2D eigenvalue weighted by Gasteiger charge is -2.16. The van der Waals surface area contributed by atoms with Crippen molar-refractivity contribution in [2.24, 2.45) is 0 Å². The number of aryl methyl sites for hydroxylation is 2. The lowest BCUT2D eigenvalue weighted by Crippen LogP contribution is -2.25. The Hall–Kier alpha value is -3.93. The van der Waals surface area contributed by atoms with E-state index in [9.17, 15) is 14.9 Å². The molecule has 0 aliphatic rings. The van der Waals surface area contributed by atoms with E-state index in [1.807, 2.05) is 67.6 Å². The van der Waals surface area contributed by atoms with Gasteiger partial charge in [-0.2, -0.15) is 5.26 Å². The van der Waals surface area contributed by atoms with Gasteiger partial charge in [-0.05, 0) is 42.7 Å². The fourth-order valence-corrected chi connectivity index (χ4v) is 4.31. The second-order valence-corrected chi connectivity index (χ2v) is 9.46. The molecular weight excluding hydrogens is 508 g/mol. The Kier molecular flexibility index (Phi) is 10.0. The largest absolute Gasteiger partial charge is 0.495 e. The minimum Gasteiger partial charge on any atom is -0.495 e. The Balaban J connectivity index is 1.85. The van der Waals surface area contributed by atoms with Crippen molar-refractivity contribution in [1.82, 2.24) is 5.32 Å². The Morgan fingerprint density at radius 1 is 0.973 bits per heavy atom. The van der Waals surface area contributed by atoms with Crippen LogP contribution in [0.5, 0.6) is 5.75 Å². The van der Waals surface area contributed by atoms with Gasteiger partial charge in [0.15, 0.2) is 0 Å². The van der Waals surface area contributed by atoms with Crippen molar-refractivity contribution in [1.29, 1.82) is 5.26 Å². The molecular formula is C28H27ClN4O3S. The molecule has 190 valence electrons. The van der Waals surface area contributed by atoms with E-state index in [0.29, 0.717) is 23.0 Å². The Morgan fingerprint density at radius 3 is 2.35 bits per heavy atom. The molecule has 3 aromatic rings. The topological polar surface area (TPSA) is 103 Å². The lowest BCUT2D eigenvalue weighted by molar-refractivity contribution is -0.118. The van der Waals surface area contributed by atoms with Crippen LogP contribution in [0.2, 0.25) is 5.02 Å². The zero-order chi connectivity index (χ0) is 26.8. The van der Waals surface area contributed by atoms with Crippen LogP contribution in [0.25, 0.3) is 0 Å². The van der Waals surface area contributed by atoms with Crippen LogP contribution in [-0.2, 0) is 16.1 Å². The molecule has 0 fully saturated rings. The van der Waals surface area contributed by atoms with Crippen molar-refractivity contribution in [2.75, 3.05) is 23.5 Å². The molecule has 3 rings (SSSR count). The summed E-state index contributed by atoms with van der Waals surface area (Å²) in [6.45, 7) is 4.09. The van der Waals surface area contributed by atoms with Crippen LogP contribution in [0.3, 0.4) is 0 Å². The number of thioether (sulfide) groups is 1. The molecule has 0 unspecified atom stereocenters. The van der Waals surface area contributed by atoms with E-state index in [0.717, 1.165) is 34.1 Å². The van der Waals surface area contributed by atoms with E-state index in [-0.39, 0.29) is 22.3 Å². The highest BCUT2D eigenvalue weighted by Gasteiger charge is 2.20. The minimum atomic E-state index is -0.643. The molecule has 2 amide bonds. The number of methoxy groups -OCH3 is 1. The molecule has 0 saturated carbocycles. The molecule has 0 aliphatic heterocycles. The number of halogens is 1. The zero-order valence-electron chi connectivity index (χ0n) is 20.7. The van der Waals surface area contributed by atoms with Gasteiger partial charge >= 0.3 is 0 Å². The second-order valence-electron chi connectivity index (χ2n) is 8.06. The van der Waals surface area contributed by atoms with E-state index >= 15 is 0 Å². The van der Waals surface area contributed by atoms with Gasteiger partial charge < -0.3 is 20.7 Å². The number of para-hydroxylation sites is 1. The fraction of sp³-hybridized carbons (Fsp3) is 0.179. The quantitative estimate of drug-likeness (QED) is 0.224. The molecule has 3 N–H and O–H groups in total. The molecule has 3 aromatic carbocycles. The number of rotatable bonds is 10. The van der Waals surface area contributed by atoms with Gasteiger partial charge in [-0.15, -0.1) is 0 Å². The molecule has 0 heterocycles. The van der Waals surface area contributed by atoms with Crippen molar-refractivity contribution in [3.63, 3.8) is 0 Å². The molecule has 0 aromatic heterocycles. The summed E-state index contributed by atoms with van der Waals surface area (Å²) >= 11 is 7.25. The fourth-order valence-electron chi connectivity index (χ4n) is 3.31. The zero-order valence-corrected chi connectivity index (χ0v) is 22.3. The third-order valence-corrected chi connectivity index (χ3v) is 6.78. The normalized spacial score (nSPS) is 11.1. The van der Waals surface area contributed by atoms with E-state index in [4.69, 9.17) is 16.3 Å². The third-order valence-electron chi connectivity index (χ3n) is 5.37. The number of benzene rings is 3. The average Bonchev–Trinajstić information content (AvgIpc) is 2.90. The van der Waals surface area contributed by atoms with Gasteiger partial charge in [0.2, 0.25) is 5.91 Å². The van der Waals surface area contributed by atoms with Crippen LogP contribution in [0.1, 0.15) is 16.7 Å². The number of nitrogens with zero attached hydrogens (tertiary/aromatic N) is 1. The van der Waals surface area contributed by atoms with Crippen molar-refractivity contribution >= 4 is 46.6 Å². The molecule has 0 spiro atoms. The number of anilines is 2. The van der Waals surface area contributed by atoms with Crippen LogP contribution < -0.4 is 20.7 Å². The maximum atomic E-state index is 13.2. The molecule has 37 heavy (non-hydrogen) atoms. The van der Waals surface area contributed by atoms with Crippen molar-refractivity contribution in [3.05, 3.63) is 99.0 Å². The molecule has 0 bridgehead atoms. The van der Waals surface area contributed by atoms with E-state index in [1.54, 1.807) is 19.1 Å². The van der Waals surface area contributed by atoms with Crippen LogP contribution in [0.4, 0.5) is 11.4 Å². The number of hydrogen-bond donors (Lipinski definition) is 3. The third kappa shape index (κ3) is 7.78. The Morgan fingerprint density at radius 2 is 1.68 bits per heavy atom. The van der Waals surface area contributed by atoms with Crippen LogP contribution >= 0.6 is 23.4 Å². The van der Waals surface area contributed by atoms with Gasteiger partial charge in [0.1, 0.15) is 17.4 Å². The van der Waals surface area contributed by atoms with Gasteiger partial charge in [-0.25, -0.2) is 0 Å². The molecule has 0 saturated heterocycles. The second kappa shape index (κ2) is 13.4. The molecule has 0 atom stereocenters. The van der Waals surface area contributed by atoms with Gasteiger partial charge in [-0.3, -0.25) is 9.59 Å². The summed E-state index contributed by atoms with van der Waals surface area (Å²) in [6, 6.07) is 22.3. The van der Waals surface area contributed by atoms with Crippen LogP contribution in [-0.4, -0.2) is 24.7 Å². The van der Waals surface area contributed by atoms with Crippen LogP contribution in [0.15, 0.2) is 77.3 Å². The number of amides is 2. The van der Waals surface area contributed by atoms with Gasteiger partial charge in [0.05, 0.1) is 23.6 Å². The van der Waals surface area contributed by atoms with Gasteiger partial charge in [0.25, 0.3) is 5.91 Å². The van der Waals surface area contributed by atoms with E-state index in [1.165, 1.54) is 7.11 Å². The minimum absolute atomic E-state index is 0.00286. The first-order valence-corrected chi connectivity index (χ1v) is 12.7. The molecule has 7 nitrogen and oxygen atoms in total. The molecule has 0 radical (unpaired) electrons. The van der Waals surface area contributed by atoms with Gasteiger partial charge in [-0.1, -0.05) is 71.9 Å². The SMILES string of the molecule is COc1cc(Cl)c(C)cc1NC(=O)/C(C#N)=C(/Nc1ccccc1C)SCC(=O)NCc1ccccc1. The number of carbonyl (C=O) groups is 2. The van der Waals surface area contributed by atoms with E-state index < -0.39 is 5.91 Å². The summed E-state index contributed by atoms with van der Waals surface area (Å²) in [6.07, 6.45) is 0. The first kappa shape index (κ1) is 27.7. The summed E-state index contributed by atoms with van der Waals surface area (Å²) in [5.41, 5.74) is 3.56. The first-order chi connectivity index (χ1) is 17.8. The Labute approximate surface area is 225 Å². The summed E-state index contributed by atoms with van der Waals surface area (Å²) < 4.78 is 5.34. The maximum absolute atomic E-state index is 13.2. The number of ether oxygens (including phenoxy) is 1. The summed E-state index contributed by atoms with van der Waals surface area (Å²) in [5.74, 6) is -0.507.